The highest BCUT2D eigenvalue weighted by molar-refractivity contribution is 8.06. The molecule has 1 aromatic carbocycles. The van der Waals surface area contributed by atoms with Crippen LogP contribution in [0.5, 0.6) is 5.75 Å². The van der Waals surface area contributed by atoms with Crippen LogP contribution >= 0.6 is 23.5 Å². The molecule has 2 nitrogen and oxygen atoms in total. The van der Waals surface area contributed by atoms with Crippen molar-refractivity contribution in [3.8, 4) is 5.75 Å². The van der Waals surface area contributed by atoms with Crippen molar-refractivity contribution in [2.45, 2.75) is 24.6 Å². The highest BCUT2D eigenvalue weighted by atomic mass is 32.2. The molecule has 19 heavy (non-hydrogen) atoms. The summed E-state index contributed by atoms with van der Waals surface area (Å²) in [6.07, 6.45) is 1.05. The van der Waals surface area contributed by atoms with Crippen LogP contribution in [0.25, 0.3) is 0 Å². The van der Waals surface area contributed by atoms with Crippen molar-refractivity contribution in [3.63, 3.8) is 0 Å². The van der Waals surface area contributed by atoms with Gasteiger partial charge in [0.2, 0.25) is 0 Å². The molecular weight excluding hydrogens is 274 g/mol. The maximum Gasteiger partial charge on any atom is 0.119 e. The Morgan fingerprint density at radius 3 is 2.68 bits per heavy atom. The van der Waals surface area contributed by atoms with Crippen molar-refractivity contribution in [2.24, 2.45) is 0 Å². The predicted octanol–water partition coefficient (Wildman–Crippen LogP) is 3.58. The topological polar surface area (TPSA) is 21.3 Å². The van der Waals surface area contributed by atoms with E-state index in [1.165, 1.54) is 22.8 Å². The van der Waals surface area contributed by atoms with Crippen LogP contribution in [0.3, 0.4) is 0 Å². The first-order chi connectivity index (χ1) is 9.35. The van der Waals surface area contributed by atoms with E-state index in [1.807, 2.05) is 0 Å². The number of hydrogen-bond acceptors (Lipinski definition) is 4. The maximum atomic E-state index is 5.64. The van der Waals surface area contributed by atoms with Crippen molar-refractivity contribution in [1.29, 1.82) is 0 Å². The first-order valence-corrected chi connectivity index (χ1v) is 9.15. The highest BCUT2D eigenvalue weighted by Crippen LogP contribution is 2.33. The molecule has 0 amide bonds. The fraction of sp³-hybridized carbons (Fsp3) is 0.600. The molecule has 106 valence electrons. The molecule has 4 heteroatoms. The van der Waals surface area contributed by atoms with Crippen LogP contribution < -0.4 is 10.1 Å². The fourth-order valence-corrected chi connectivity index (χ4v) is 5.17. The molecule has 1 heterocycles. The Morgan fingerprint density at radius 2 is 2.11 bits per heavy atom. The van der Waals surface area contributed by atoms with Crippen LogP contribution in [-0.4, -0.2) is 36.2 Å². The SMILES string of the molecule is CCCOc1ccc(C(NC)C2CSCCS2)cc1. The number of benzene rings is 1. The molecule has 1 aromatic rings. The second kappa shape index (κ2) is 8.08. The van der Waals surface area contributed by atoms with Crippen LogP contribution in [-0.2, 0) is 0 Å². The van der Waals surface area contributed by atoms with Gasteiger partial charge in [0.15, 0.2) is 0 Å². The molecule has 0 saturated carbocycles. The Labute approximate surface area is 125 Å². The van der Waals surface area contributed by atoms with Crippen LogP contribution in [0.4, 0.5) is 0 Å². The van der Waals surface area contributed by atoms with Crippen molar-refractivity contribution >= 4 is 23.5 Å². The Balaban J connectivity index is 2.01. The van der Waals surface area contributed by atoms with Gasteiger partial charge in [-0.25, -0.2) is 0 Å². The van der Waals surface area contributed by atoms with Gasteiger partial charge in [-0.15, -0.1) is 0 Å². The maximum absolute atomic E-state index is 5.64. The van der Waals surface area contributed by atoms with Gasteiger partial charge in [0.1, 0.15) is 5.75 Å². The zero-order valence-corrected chi connectivity index (χ0v) is 13.4. The van der Waals surface area contributed by atoms with Gasteiger partial charge in [0.05, 0.1) is 6.61 Å². The van der Waals surface area contributed by atoms with Crippen LogP contribution in [0.1, 0.15) is 24.9 Å². The molecule has 1 N–H and O–H groups in total. The quantitative estimate of drug-likeness (QED) is 0.866. The van der Waals surface area contributed by atoms with E-state index >= 15 is 0 Å². The molecular formula is C15H23NOS2. The number of nitrogens with one attached hydrogen (secondary N) is 1. The van der Waals surface area contributed by atoms with E-state index in [0.29, 0.717) is 11.3 Å². The summed E-state index contributed by atoms with van der Waals surface area (Å²) in [5, 5.41) is 4.15. The summed E-state index contributed by atoms with van der Waals surface area (Å²) in [6.45, 7) is 2.92. The number of hydrogen-bond donors (Lipinski definition) is 1. The fourth-order valence-electron chi connectivity index (χ4n) is 2.26. The van der Waals surface area contributed by atoms with Gasteiger partial charge in [-0.2, -0.15) is 23.5 Å². The summed E-state index contributed by atoms with van der Waals surface area (Å²) in [5.41, 5.74) is 1.37. The molecule has 0 aliphatic carbocycles. The van der Waals surface area contributed by atoms with Gasteiger partial charge in [0, 0.05) is 28.6 Å². The van der Waals surface area contributed by atoms with E-state index in [9.17, 15) is 0 Å². The second-order valence-electron chi connectivity index (χ2n) is 4.67. The molecule has 0 spiro atoms. The Hall–Kier alpha value is -0.320. The lowest BCUT2D eigenvalue weighted by atomic mass is 10.0. The summed E-state index contributed by atoms with van der Waals surface area (Å²) in [4.78, 5) is 0. The third kappa shape index (κ3) is 4.33. The van der Waals surface area contributed by atoms with Crippen molar-refractivity contribution in [1.82, 2.24) is 5.32 Å². The lowest BCUT2D eigenvalue weighted by Crippen LogP contribution is -2.31. The third-order valence-corrected chi connectivity index (χ3v) is 6.10. The van der Waals surface area contributed by atoms with Gasteiger partial charge >= 0.3 is 0 Å². The van der Waals surface area contributed by atoms with Crippen molar-refractivity contribution in [3.05, 3.63) is 29.8 Å². The Bertz CT molecular complexity index is 363. The minimum atomic E-state index is 0.443. The van der Waals surface area contributed by atoms with Crippen molar-refractivity contribution in [2.75, 3.05) is 30.9 Å². The van der Waals surface area contributed by atoms with Crippen LogP contribution in [0, 0.1) is 0 Å². The van der Waals surface area contributed by atoms with E-state index in [1.54, 1.807) is 0 Å². The molecule has 0 bridgehead atoms. The summed E-state index contributed by atoms with van der Waals surface area (Å²) in [7, 11) is 2.06. The van der Waals surface area contributed by atoms with E-state index < -0.39 is 0 Å². The van der Waals surface area contributed by atoms with E-state index in [-0.39, 0.29) is 0 Å². The number of rotatable bonds is 6. The molecule has 0 radical (unpaired) electrons. The number of thioether (sulfide) groups is 2. The van der Waals surface area contributed by atoms with Gasteiger partial charge in [-0.05, 0) is 31.2 Å². The summed E-state index contributed by atoms with van der Waals surface area (Å²) in [6, 6.07) is 9.03. The number of ether oxygens (including phenoxy) is 1. The third-order valence-electron chi connectivity index (χ3n) is 3.24. The average Bonchev–Trinajstić information content (AvgIpc) is 2.48. The largest absolute Gasteiger partial charge is 0.494 e. The molecule has 0 aromatic heterocycles. The summed E-state index contributed by atoms with van der Waals surface area (Å²) in [5.74, 6) is 4.78. The van der Waals surface area contributed by atoms with Gasteiger partial charge < -0.3 is 10.1 Å². The van der Waals surface area contributed by atoms with Crippen molar-refractivity contribution < 1.29 is 4.74 Å². The standard InChI is InChI=1S/C15H23NOS2/c1-3-8-17-13-6-4-12(5-7-13)15(16-2)14-11-18-9-10-19-14/h4-7,14-16H,3,8-11H2,1-2H3. The Morgan fingerprint density at radius 1 is 1.32 bits per heavy atom. The van der Waals surface area contributed by atoms with E-state index in [4.69, 9.17) is 4.74 Å². The highest BCUT2D eigenvalue weighted by Gasteiger charge is 2.24. The van der Waals surface area contributed by atoms with Crippen LogP contribution in [0.2, 0.25) is 0 Å². The second-order valence-corrected chi connectivity index (χ2v) is 7.16. The zero-order valence-electron chi connectivity index (χ0n) is 11.7. The molecule has 2 rings (SSSR count). The molecule has 2 unspecified atom stereocenters. The van der Waals surface area contributed by atoms with E-state index in [0.717, 1.165) is 18.8 Å². The van der Waals surface area contributed by atoms with Crippen LogP contribution in [0.15, 0.2) is 24.3 Å². The van der Waals surface area contributed by atoms with Gasteiger partial charge in [-0.1, -0.05) is 19.1 Å². The monoisotopic (exact) mass is 297 g/mol. The minimum absolute atomic E-state index is 0.443. The Kier molecular flexibility index (Phi) is 6.41. The van der Waals surface area contributed by atoms with Gasteiger partial charge in [0.25, 0.3) is 0 Å². The van der Waals surface area contributed by atoms with Gasteiger partial charge in [-0.3, -0.25) is 0 Å². The smallest absolute Gasteiger partial charge is 0.119 e. The molecule has 1 aliphatic rings. The molecule has 1 aliphatic heterocycles. The first kappa shape index (κ1) is 15.1. The molecule has 1 fully saturated rings. The average molecular weight is 297 g/mol. The summed E-state index contributed by atoms with van der Waals surface area (Å²) >= 11 is 4.16. The minimum Gasteiger partial charge on any atom is -0.494 e. The normalized spacial score (nSPS) is 21.1. The first-order valence-electron chi connectivity index (χ1n) is 6.94. The summed E-state index contributed by atoms with van der Waals surface area (Å²) < 4.78 is 5.64. The lowest BCUT2D eigenvalue weighted by Gasteiger charge is -2.29. The molecule has 2 atom stereocenters. The molecule has 1 saturated heterocycles. The predicted molar refractivity (Wildman–Crippen MR) is 87.6 cm³/mol. The van der Waals surface area contributed by atoms with E-state index in [2.05, 4.69) is 67.1 Å². The zero-order chi connectivity index (χ0) is 13.5. The lowest BCUT2D eigenvalue weighted by molar-refractivity contribution is 0.317.